The Kier molecular flexibility index (Phi) is 5.71. The Bertz CT molecular complexity index is 668. The highest BCUT2D eigenvalue weighted by molar-refractivity contribution is 7.99. The van der Waals surface area contributed by atoms with Gasteiger partial charge in [-0.1, -0.05) is 35.9 Å². The van der Waals surface area contributed by atoms with Gasteiger partial charge < -0.3 is 5.32 Å². The maximum absolute atomic E-state index is 12.6. The molecule has 0 saturated heterocycles. The third-order valence-electron chi connectivity index (χ3n) is 3.10. The highest BCUT2D eigenvalue weighted by Gasteiger charge is 2.30. The van der Waals surface area contributed by atoms with Gasteiger partial charge in [0, 0.05) is 11.4 Å². The zero-order chi connectivity index (χ0) is 16.9. The Morgan fingerprint density at radius 1 is 1.13 bits per heavy atom. The number of rotatable bonds is 5. The summed E-state index contributed by atoms with van der Waals surface area (Å²) < 4.78 is 37.8. The molecule has 122 valence electrons. The molecule has 0 heterocycles. The van der Waals surface area contributed by atoms with Crippen LogP contribution in [-0.2, 0) is 16.7 Å². The first-order chi connectivity index (χ1) is 10.8. The van der Waals surface area contributed by atoms with Gasteiger partial charge in [-0.3, -0.25) is 4.79 Å². The van der Waals surface area contributed by atoms with Crippen molar-refractivity contribution >= 4 is 23.4 Å². The van der Waals surface area contributed by atoms with E-state index in [1.165, 1.54) is 29.5 Å². The van der Waals surface area contributed by atoms with Crippen molar-refractivity contribution < 1.29 is 18.0 Å². The number of amides is 1. The van der Waals surface area contributed by atoms with Gasteiger partial charge in [-0.2, -0.15) is 13.2 Å². The average Bonchev–Trinajstić information content (AvgIpc) is 2.49. The van der Waals surface area contributed by atoms with Crippen molar-refractivity contribution in [2.75, 3.05) is 11.1 Å². The Hall–Kier alpha value is -1.95. The summed E-state index contributed by atoms with van der Waals surface area (Å²) in [5.74, 6) is 0.543. The molecule has 2 aromatic rings. The molecular formula is C17H16F3NOS. The van der Waals surface area contributed by atoms with Gasteiger partial charge >= 0.3 is 6.18 Å². The molecule has 0 saturated carbocycles. The normalized spacial score (nSPS) is 11.3. The maximum Gasteiger partial charge on any atom is 0.416 e. The molecule has 0 aliphatic carbocycles. The lowest BCUT2D eigenvalue weighted by atomic mass is 10.2. The predicted octanol–water partition coefficient (Wildman–Crippen LogP) is 4.89. The molecule has 0 unspecified atom stereocenters. The van der Waals surface area contributed by atoms with Crippen molar-refractivity contribution in [2.45, 2.75) is 18.9 Å². The van der Waals surface area contributed by atoms with E-state index in [0.29, 0.717) is 5.75 Å². The van der Waals surface area contributed by atoms with E-state index < -0.39 is 11.7 Å². The van der Waals surface area contributed by atoms with Crippen LogP contribution < -0.4 is 5.32 Å². The first kappa shape index (κ1) is 17.4. The summed E-state index contributed by atoms with van der Waals surface area (Å²) >= 11 is 1.42. The summed E-state index contributed by atoms with van der Waals surface area (Å²) in [7, 11) is 0. The number of carbonyl (C=O) groups excluding carboxylic acids is 1. The van der Waals surface area contributed by atoms with Gasteiger partial charge in [-0.05, 0) is 30.7 Å². The fraction of sp³-hybridized carbons (Fsp3) is 0.235. The fourth-order valence-corrected chi connectivity index (χ4v) is 2.70. The lowest BCUT2D eigenvalue weighted by Gasteiger charge is -2.10. The van der Waals surface area contributed by atoms with Crippen LogP contribution in [0.2, 0.25) is 0 Å². The minimum atomic E-state index is -4.42. The molecule has 1 amide bonds. The van der Waals surface area contributed by atoms with E-state index in [1.807, 2.05) is 31.2 Å². The van der Waals surface area contributed by atoms with Gasteiger partial charge in [0.1, 0.15) is 0 Å². The second kappa shape index (κ2) is 7.55. The van der Waals surface area contributed by atoms with Gasteiger partial charge in [-0.15, -0.1) is 11.8 Å². The molecule has 2 nitrogen and oxygen atoms in total. The van der Waals surface area contributed by atoms with E-state index in [2.05, 4.69) is 5.32 Å². The molecule has 2 aromatic carbocycles. The van der Waals surface area contributed by atoms with Gasteiger partial charge in [-0.25, -0.2) is 0 Å². The van der Waals surface area contributed by atoms with Crippen molar-refractivity contribution in [1.82, 2.24) is 0 Å². The van der Waals surface area contributed by atoms with Crippen molar-refractivity contribution in [1.29, 1.82) is 0 Å². The van der Waals surface area contributed by atoms with Gasteiger partial charge in [0.2, 0.25) is 5.91 Å². The van der Waals surface area contributed by atoms with Gasteiger partial charge in [0.15, 0.2) is 0 Å². The Balaban J connectivity index is 1.84. The number of carbonyl (C=O) groups is 1. The minimum Gasteiger partial charge on any atom is -0.325 e. The predicted molar refractivity (Wildman–Crippen MR) is 87.4 cm³/mol. The van der Waals surface area contributed by atoms with Crippen LogP contribution in [0.15, 0.2) is 48.5 Å². The summed E-state index contributed by atoms with van der Waals surface area (Å²) in [5.41, 5.74) is 1.65. The minimum absolute atomic E-state index is 0.153. The first-order valence-electron chi connectivity index (χ1n) is 6.95. The van der Waals surface area contributed by atoms with E-state index in [0.717, 1.165) is 17.7 Å². The van der Waals surface area contributed by atoms with E-state index in [4.69, 9.17) is 0 Å². The number of halogens is 3. The van der Waals surface area contributed by atoms with Crippen molar-refractivity contribution in [2.24, 2.45) is 0 Å². The third kappa shape index (κ3) is 5.63. The standard InChI is InChI=1S/C17H16F3NOS/c1-12-5-7-13(8-6-12)10-23-11-16(22)21-15-4-2-3-14(9-15)17(18,19)20/h2-9H,10-11H2,1H3,(H,21,22). The van der Waals surface area contributed by atoms with Crippen molar-refractivity contribution in [3.05, 3.63) is 65.2 Å². The van der Waals surface area contributed by atoms with Crippen LogP contribution in [0, 0.1) is 6.92 Å². The van der Waals surface area contributed by atoms with Gasteiger partial charge in [0.05, 0.1) is 11.3 Å². The fourth-order valence-electron chi connectivity index (χ4n) is 1.92. The van der Waals surface area contributed by atoms with Crippen LogP contribution in [0.25, 0.3) is 0 Å². The van der Waals surface area contributed by atoms with E-state index >= 15 is 0 Å². The third-order valence-corrected chi connectivity index (χ3v) is 4.10. The van der Waals surface area contributed by atoms with Gasteiger partial charge in [0.25, 0.3) is 0 Å². The molecule has 23 heavy (non-hydrogen) atoms. The molecular weight excluding hydrogens is 323 g/mol. The Labute approximate surface area is 137 Å². The number of hydrogen-bond acceptors (Lipinski definition) is 2. The van der Waals surface area contributed by atoms with E-state index in [9.17, 15) is 18.0 Å². The lowest BCUT2D eigenvalue weighted by Crippen LogP contribution is -2.15. The average molecular weight is 339 g/mol. The molecule has 2 rings (SSSR count). The Morgan fingerprint density at radius 2 is 1.83 bits per heavy atom. The topological polar surface area (TPSA) is 29.1 Å². The molecule has 0 atom stereocenters. The zero-order valence-corrected chi connectivity index (χ0v) is 13.3. The van der Waals surface area contributed by atoms with Crippen molar-refractivity contribution in [3.8, 4) is 0 Å². The number of aryl methyl sites for hydroxylation is 1. The number of hydrogen-bond donors (Lipinski definition) is 1. The SMILES string of the molecule is Cc1ccc(CSCC(=O)Nc2cccc(C(F)(F)F)c2)cc1. The second-order valence-corrected chi connectivity index (χ2v) is 6.09. The van der Waals surface area contributed by atoms with Crippen LogP contribution >= 0.6 is 11.8 Å². The summed E-state index contributed by atoms with van der Waals surface area (Å²) in [4.78, 5) is 11.8. The second-order valence-electron chi connectivity index (χ2n) is 5.11. The van der Waals surface area contributed by atoms with Crippen LogP contribution in [0.1, 0.15) is 16.7 Å². The first-order valence-corrected chi connectivity index (χ1v) is 8.10. The van der Waals surface area contributed by atoms with Crippen LogP contribution in [-0.4, -0.2) is 11.7 Å². The highest BCUT2D eigenvalue weighted by atomic mass is 32.2. The molecule has 0 aliphatic rings. The molecule has 0 aliphatic heterocycles. The largest absolute Gasteiger partial charge is 0.416 e. The smallest absolute Gasteiger partial charge is 0.325 e. The molecule has 0 spiro atoms. The molecule has 0 aromatic heterocycles. The lowest BCUT2D eigenvalue weighted by molar-refractivity contribution is -0.137. The van der Waals surface area contributed by atoms with Crippen LogP contribution in [0.4, 0.5) is 18.9 Å². The molecule has 6 heteroatoms. The summed E-state index contributed by atoms with van der Waals surface area (Å²) in [5, 5.41) is 2.49. The number of benzene rings is 2. The summed E-state index contributed by atoms with van der Waals surface area (Å²) in [6, 6.07) is 12.6. The van der Waals surface area contributed by atoms with E-state index in [1.54, 1.807) is 0 Å². The maximum atomic E-state index is 12.6. The van der Waals surface area contributed by atoms with Crippen LogP contribution in [0.5, 0.6) is 0 Å². The number of alkyl halides is 3. The quantitative estimate of drug-likeness (QED) is 0.841. The van der Waals surface area contributed by atoms with Crippen LogP contribution in [0.3, 0.4) is 0 Å². The summed E-state index contributed by atoms with van der Waals surface area (Å²) in [6.07, 6.45) is -4.42. The molecule has 0 bridgehead atoms. The summed E-state index contributed by atoms with van der Waals surface area (Å²) in [6.45, 7) is 2.00. The zero-order valence-electron chi connectivity index (χ0n) is 12.5. The molecule has 0 fully saturated rings. The monoisotopic (exact) mass is 339 g/mol. The number of thioether (sulfide) groups is 1. The highest BCUT2D eigenvalue weighted by Crippen LogP contribution is 2.30. The van der Waals surface area contributed by atoms with E-state index in [-0.39, 0.29) is 17.3 Å². The molecule has 1 N–H and O–H groups in total. The molecule has 0 radical (unpaired) electrons. The van der Waals surface area contributed by atoms with Crippen molar-refractivity contribution in [3.63, 3.8) is 0 Å². The Morgan fingerprint density at radius 3 is 2.48 bits per heavy atom. The number of nitrogens with one attached hydrogen (secondary N) is 1. The number of anilines is 1.